The molecule has 0 aliphatic carbocycles. The van der Waals surface area contributed by atoms with Crippen molar-refractivity contribution in [3.8, 4) is 0 Å². The molecule has 8 heteroatoms. The van der Waals surface area contributed by atoms with Gasteiger partial charge in [0.05, 0.1) is 12.7 Å². The molecule has 8 nitrogen and oxygen atoms in total. The quantitative estimate of drug-likeness (QED) is 0.647. The molecule has 25 heavy (non-hydrogen) atoms. The van der Waals surface area contributed by atoms with E-state index in [1.165, 1.54) is 7.11 Å². The molecule has 1 fully saturated rings. The van der Waals surface area contributed by atoms with E-state index in [2.05, 4.69) is 20.0 Å². The van der Waals surface area contributed by atoms with E-state index < -0.39 is 0 Å². The molecule has 1 aromatic carbocycles. The van der Waals surface area contributed by atoms with Gasteiger partial charge in [0.1, 0.15) is 5.82 Å². The fourth-order valence-electron chi connectivity index (χ4n) is 2.55. The second-order valence-electron chi connectivity index (χ2n) is 5.56. The van der Waals surface area contributed by atoms with Crippen LogP contribution in [0.1, 0.15) is 10.4 Å². The van der Waals surface area contributed by atoms with Crippen LogP contribution >= 0.6 is 0 Å². The largest absolute Gasteiger partial charge is 0.465 e. The number of esters is 1. The lowest BCUT2D eigenvalue weighted by Gasteiger charge is -2.32. The van der Waals surface area contributed by atoms with Gasteiger partial charge in [0.2, 0.25) is 12.4 Å². The van der Waals surface area contributed by atoms with Crippen LogP contribution in [0.5, 0.6) is 0 Å². The number of hydrogen-bond donors (Lipinski definition) is 1. The lowest BCUT2D eigenvalue weighted by Crippen LogP contribution is -2.46. The Morgan fingerprint density at radius 3 is 2.52 bits per heavy atom. The number of amides is 1. The SMILES string of the molecule is COC(=O)c1ccc(Nc2ccnc(N3CCN(C=O)CC3)n2)cc1. The van der Waals surface area contributed by atoms with E-state index in [1.54, 1.807) is 41.4 Å². The predicted molar refractivity (Wildman–Crippen MR) is 92.9 cm³/mol. The van der Waals surface area contributed by atoms with Gasteiger partial charge in [-0.1, -0.05) is 0 Å². The van der Waals surface area contributed by atoms with Crippen molar-refractivity contribution in [2.75, 3.05) is 43.5 Å². The number of aromatic nitrogens is 2. The van der Waals surface area contributed by atoms with Crippen LogP contribution in [0.4, 0.5) is 17.5 Å². The molecular formula is C17H19N5O3. The molecule has 0 unspecified atom stereocenters. The van der Waals surface area contributed by atoms with Gasteiger partial charge in [0.25, 0.3) is 0 Å². The Balaban J connectivity index is 1.67. The summed E-state index contributed by atoms with van der Waals surface area (Å²) in [6.45, 7) is 2.74. The van der Waals surface area contributed by atoms with Gasteiger partial charge in [0.15, 0.2) is 0 Å². The van der Waals surface area contributed by atoms with Crippen molar-refractivity contribution in [3.05, 3.63) is 42.1 Å². The predicted octanol–water partition coefficient (Wildman–Crippen LogP) is 1.29. The summed E-state index contributed by atoms with van der Waals surface area (Å²) in [7, 11) is 1.35. The Labute approximate surface area is 145 Å². The van der Waals surface area contributed by atoms with Gasteiger partial charge in [-0.2, -0.15) is 4.98 Å². The number of nitrogens with zero attached hydrogens (tertiary/aromatic N) is 4. The standard InChI is InChI=1S/C17H19N5O3/c1-25-16(24)13-2-4-14(5-3-13)19-15-6-7-18-17(20-15)22-10-8-21(12-23)9-11-22/h2-7,12H,8-11H2,1H3,(H,18,19,20). The van der Waals surface area contributed by atoms with Crippen LogP contribution in [0.3, 0.4) is 0 Å². The minimum atomic E-state index is -0.370. The molecule has 0 spiro atoms. The molecular weight excluding hydrogens is 322 g/mol. The first kappa shape index (κ1) is 16.7. The number of benzene rings is 1. The van der Waals surface area contributed by atoms with Crippen molar-refractivity contribution in [3.63, 3.8) is 0 Å². The third-order valence-corrected chi connectivity index (χ3v) is 3.97. The molecule has 2 heterocycles. The summed E-state index contributed by atoms with van der Waals surface area (Å²) in [4.78, 5) is 34.9. The molecule has 1 N–H and O–H groups in total. The van der Waals surface area contributed by atoms with Gasteiger partial charge < -0.3 is 19.9 Å². The molecule has 0 radical (unpaired) electrons. The van der Waals surface area contributed by atoms with E-state index in [0.29, 0.717) is 43.5 Å². The summed E-state index contributed by atoms with van der Waals surface area (Å²) in [6, 6.07) is 8.73. The monoisotopic (exact) mass is 341 g/mol. The second kappa shape index (κ2) is 7.61. The molecule has 1 saturated heterocycles. The number of carbonyl (C=O) groups is 2. The fourth-order valence-corrected chi connectivity index (χ4v) is 2.55. The Morgan fingerprint density at radius 1 is 1.16 bits per heavy atom. The Hall–Kier alpha value is -3.16. The number of nitrogens with one attached hydrogen (secondary N) is 1. The van der Waals surface area contributed by atoms with Crippen LogP contribution in [-0.4, -0.2) is 60.5 Å². The molecule has 2 aromatic rings. The highest BCUT2D eigenvalue weighted by Gasteiger charge is 2.17. The first-order chi connectivity index (χ1) is 12.2. The van der Waals surface area contributed by atoms with Crippen molar-refractivity contribution in [2.24, 2.45) is 0 Å². The summed E-state index contributed by atoms with van der Waals surface area (Å²) >= 11 is 0. The van der Waals surface area contributed by atoms with Gasteiger partial charge in [-0.3, -0.25) is 4.79 Å². The smallest absolute Gasteiger partial charge is 0.337 e. The van der Waals surface area contributed by atoms with Crippen LogP contribution in [0.2, 0.25) is 0 Å². The van der Waals surface area contributed by atoms with E-state index in [-0.39, 0.29) is 5.97 Å². The lowest BCUT2D eigenvalue weighted by atomic mass is 10.2. The van der Waals surface area contributed by atoms with Crippen LogP contribution in [0, 0.1) is 0 Å². The third kappa shape index (κ3) is 4.03. The highest BCUT2D eigenvalue weighted by molar-refractivity contribution is 5.89. The van der Waals surface area contributed by atoms with Crippen LogP contribution in [-0.2, 0) is 9.53 Å². The number of carbonyl (C=O) groups excluding carboxylic acids is 2. The maximum Gasteiger partial charge on any atom is 0.337 e. The van der Waals surface area contributed by atoms with Crippen molar-refractivity contribution in [1.29, 1.82) is 0 Å². The van der Waals surface area contributed by atoms with Crippen LogP contribution in [0.25, 0.3) is 0 Å². The van der Waals surface area contributed by atoms with Crippen molar-refractivity contribution < 1.29 is 14.3 Å². The van der Waals surface area contributed by atoms with Gasteiger partial charge in [-0.15, -0.1) is 0 Å². The fraction of sp³-hybridized carbons (Fsp3) is 0.294. The van der Waals surface area contributed by atoms with Gasteiger partial charge in [-0.05, 0) is 30.3 Å². The molecule has 1 aliphatic heterocycles. The summed E-state index contributed by atoms with van der Waals surface area (Å²) in [5, 5.41) is 3.19. The van der Waals surface area contributed by atoms with Crippen molar-refractivity contribution >= 4 is 29.8 Å². The van der Waals surface area contributed by atoms with Crippen molar-refractivity contribution in [1.82, 2.24) is 14.9 Å². The maximum absolute atomic E-state index is 11.5. The highest BCUT2D eigenvalue weighted by Crippen LogP contribution is 2.18. The molecule has 0 bridgehead atoms. The van der Waals surface area contributed by atoms with E-state index in [9.17, 15) is 9.59 Å². The maximum atomic E-state index is 11.5. The minimum Gasteiger partial charge on any atom is -0.465 e. The number of piperazine rings is 1. The zero-order valence-corrected chi connectivity index (χ0v) is 13.9. The zero-order valence-electron chi connectivity index (χ0n) is 13.9. The molecule has 1 aliphatic rings. The topological polar surface area (TPSA) is 87.7 Å². The van der Waals surface area contributed by atoms with E-state index in [0.717, 1.165) is 12.1 Å². The number of anilines is 3. The number of ether oxygens (including phenoxy) is 1. The minimum absolute atomic E-state index is 0.370. The molecule has 1 amide bonds. The normalized spacial score (nSPS) is 14.1. The van der Waals surface area contributed by atoms with Crippen molar-refractivity contribution in [2.45, 2.75) is 0 Å². The number of methoxy groups -OCH3 is 1. The van der Waals surface area contributed by atoms with Gasteiger partial charge in [-0.25, -0.2) is 9.78 Å². The highest BCUT2D eigenvalue weighted by atomic mass is 16.5. The summed E-state index contributed by atoms with van der Waals surface area (Å²) in [5.41, 5.74) is 1.30. The number of rotatable bonds is 5. The Kier molecular flexibility index (Phi) is 5.08. The van der Waals surface area contributed by atoms with Crippen LogP contribution < -0.4 is 10.2 Å². The summed E-state index contributed by atoms with van der Waals surface area (Å²) in [6.07, 6.45) is 2.56. The average molecular weight is 341 g/mol. The second-order valence-corrected chi connectivity index (χ2v) is 5.56. The summed E-state index contributed by atoms with van der Waals surface area (Å²) < 4.78 is 4.68. The van der Waals surface area contributed by atoms with E-state index in [4.69, 9.17) is 0 Å². The summed E-state index contributed by atoms with van der Waals surface area (Å²) in [5.74, 6) is 0.917. The van der Waals surface area contributed by atoms with Gasteiger partial charge >= 0.3 is 5.97 Å². The Bertz CT molecular complexity index is 742. The zero-order chi connectivity index (χ0) is 17.6. The third-order valence-electron chi connectivity index (χ3n) is 3.97. The molecule has 130 valence electrons. The Morgan fingerprint density at radius 2 is 1.88 bits per heavy atom. The molecule has 0 saturated carbocycles. The first-order valence-corrected chi connectivity index (χ1v) is 7.92. The molecule has 0 atom stereocenters. The van der Waals surface area contributed by atoms with E-state index in [1.807, 2.05) is 4.90 Å². The van der Waals surface area contributed by atoms with Crippen LogP contribution in [0.15, 0.2) is 36.5 Å². The molecule has 1 aromatic heterocycles. The number of hydrogen-bond acceptors (Lipinski definition) is 7. The van der Waals surface area contributed by atoms with Gasteiger partial charge in [0, 0.05) is 38.1 Å². The average Bonchev–Trinajstić information content (AvgIpc) is 2.68. The lowest BCUT2D eigenvalue weighted by molar-refractivity contribution is -0.118. The molecule has 3 rings (SSSR count). The first-order valence-electron chi connectivity index (χ1n) is 7.92. The van der Waals surface area contributed by atoms with E-state index >= 15 is 0 Å².